The Morgan fingerprint density at radius 1 is 1.37 bits per heavy atom. The molecule has 6 heteroatoms. The van der Waals surface area contributed by atoms with Crippen molar-refractivity contribution in [3.05, 3.63) is 12.2 Å². The molecule has 1 saturated carbocycles. The third kappa shape index (κ3) is 6.03. The van der Waals surface area contributed by atoms with Crippen LogP contribution in [0.15, 0.2) is 12.2 Å². The summed E-state index contributed by atoms with van der Waals surface area (Å²) in [5.41, 5.74) is 0.933. The number of nitrogens with one attached hydrogen (secondary N) is 1. The van der Waals surface area contributed by atoms with E-state index in [1.807, 2.05) is 6.92 Å². The van der Waals surface area contributed by atoms with Crippen molar-refractivity contribution < 1.29 is 13.2 Å². The van der Waals surface area contributed by atoms with Crippen LogP contribution in [0.25, 0.3) is 0 Å². The minimum atomic E-state index is -3.38. The lowest BCUT2D eigenvalue weighted by Gasteiger charge is -2.30. The fraction of sp³-hybridized carbons (Fsp3) is 0.846. The number of nitrogens with zero attached hydrogens (tertiary/aromatic N) is 1. The van der Waals surface area contributed by atoms with Gasteiger partial charge in [-0.25, -0.2) is 0 Å². The quantitative estimate of drug-likeness (QED) is 0.546. The first-order valence-electron chi connectivity index (χ1n) is 6.88. The summed E-state index contributed by atoms with van der Waals surface area (Å²) in [5.74, 6) is 0. The standard InChI is InChI=1S/C13H26N2O3S/c1-12(2)11-18-10-9-14-19(16,17)15(3)13-7-5-4-6-8-13/h13-14H,1,4-11H2,2-3H3. The molecule has 19 heavy (non-hydrogen) atoms. The molecular formula is C13H26N2O3S. The van der Waals surface area contributed by atoms with E-state index in [1.54, 1.807) is 7.05 Å². The van der Waals surface area contributed by atoms with Crippen LogP contribution in [0.1, 0.15) is 39.0 Å². The molecule has 0 saturated heterocycles. The second-order valence-electron chi connectivity index (χ2n) is 5.22. The molecule has 0 unspecified atom stereocenters. The highest BCUT2D eigenvalue weighted by Crippen LogP contribution is 2.22. The van der Waals surface area contributed by atoms with Crippen molar-refractivity contribution in [2.45, 2.75) is 45.1 Å². The van der Waals surface area contributed by atoms with E-state index in [0.717, 1.165) is 31.3 Å². The first-order chi connectivity index (χ1) is 8.93. The highest BCUT2D eigenvalue weighted by molar-refractivity contribution is 7.87. The van der Waals surface area contributed by atoms with Crippen molar-refractivity contribution in [1.82, 2.24) is 9.03 Å². The van der Waals surface area contributed by atoms with Crippen LogP contribution in [0.3, 0.4) is 0 Å². The Kier molecular flexibility index (Phi) is 6.99. The van der Waals surface area contributed by atoms with Crippen LogP contribution in [0, 0.1) is 0 Å². The molecule has 1 N–H and O–H groups in total. The van der Waals surface area contributed by atoms with Crippen LogP contribution >= 0.6 is 0 Å². The van der Waals surface area contributed by atoms with Crippen LogP contribution in [-0.4, -0.2) is 45.6 Å². The minimum absolute atomic E-state index is 0.141. The molecule has 1 aliphatic rings. The van der Waals surface area contributed by atoms with E-state index in [9.17, 15) is 8.42 Å². The van der Waals surface area contributed by atoms with Gasteiger partial charge < -0.3 is 4.74 Å². The van der Waals surface area contributed by atoms with Gasteiger partial charge in [-0.2, -0.15) is 17.4 Å². The lowest BCUT2D eigenvalue weighted by Crippen LogP contribution is -2.45. The average Bonchev–Trinajstić information content (AvgIpc) is 2.38. The van der Waals surface area contributed by atoms with E-state index in [-0.39, 0.29) is 6.04 Å². The summed E-state index contributed by atoms with van der Waals surface area (Å²) in [6.45, 7) is 6.73. The van der Waals surface area contributed by atoms with Crippen molar-refractivity contribution in [1.29, 1.82) is 0 Å². The highest BCUT2D eigenvalue weighted by Gasteiger charge is 2.26. The molecular weight excluding hydrogens is 264 g/mol. The smallest absolute Gasteiger partial charge is 0.279 e. The fourth-order valence-corrected chi connectivity index (χ4v) is 3.38. The third-order valence-corrected chi connectivity index (χ3v) is 4.97. The van der Waals surface area contributed by atoms with Crippen molar-refractivity contribution in [3.63, 3.8) is 0 Å². The zero-order valence-electron chi connectivity index (χ0n) is 12.0. The fourth-order valence-electron chi connectivity index (χ4n) is 2.23. The molecule has 112 valence electrons. The normalized spacial score (nSPS) is 17.8. The number of hydrogen-bond donors (Lipinski definition) is 1. The van der Waals surface area contributed by atoms with Gasteiger partial charge in [-0.05, 0) is 19.8 Å². The van der Waals surface area contributed by atoms with Crippen LogP contribution in [0.4, 0.5) is 0 Å². The van der Waals surface area contributed by atoms with Gasteiger partial charge in [-0.15, -0.1) is 0 Å². The summed E-state index contributed by atoms with van der Waals surface area (Å²) in [7, 11) is -1.72. The molecule has 5 nitrogen and oxygen atoms in total. The van der Waals surface area contributed by atoms with Gasteiger partial charge in [-0.3, -0.25) is 0 Å². The van der Waals surface area contributed by atoms with Gasteiger partial charge in [0.1, 0.15) is 0 Å². The third-order valence-electron chi connectivity index (χ3n) is 3.35. The Hall–Kier alpha value is -0.430. The maximum Gasteiger partial charge on any atom is 0.279 e. The molecule has 0 radical (unpaired) electrons. The molecule has 0 amide bonds. The van der Waals surface area contributed by atoms with Gasteiger partial charge >= 0.3 is 0 Å². The number of hydrogen-bond acceptors (Lipinski definition) is 3. The molecule has 0 aliphatic heterocycles. The molecule has 0 bridgehead atoms. The molecule has 1 aliphatic carbocycles. The van der Waals surface area contributed by atoms with E-state index < -0.39 is 10.2 Å². The molecule has 0 aromatic carbocycles. The maximum atomic E-state index is 12.1. The zero-order chi connectivity index (χ0) is 14.3. The summed E-state index contributed by atoms with van der Waals surface area (Å²) in [6.07, 6.45) is 5.37. The molecule has 0 aromatic heterocycles. The van der Waals surface area contributed by atoms with Gasteiger partial charge in [0.05, 0.1) is 13.2 Å². The first kappa shape index (κ1) is 16.6. The molecule has 1 fully saturated rings. The summed E-state index contributed by atoms with van der Waals surface area (Å²) in [6, 6.07) is 0.141. The van der Waals surface area contributed by atoms with Gasteiger partial charge in [0.2, 0.25) is 0 Å². The molecule has 0 atom stereocenters. The number of rotatable bonds is 8. The minimum Gasteiger partial charge on any atom is -0.376 e. The van der Waals surface area contributed by atoms with E-state index >= 15 is 0 Å². The molecule has 0 aromatic rings. The number of ether oxygens (including phenoxy) is 1. The Morgan fingerprint density at radius 3 is 2.58 bits per heavy atom. The van der Waals surface area contributed by atoms with Gasteiger partial charge in [0, 0.05) is 19.6 Å². The second kappa shape index (κ2) is 7.99. The largest absolute Gasteiger partial charge is 0.376 e. The van der Waals surface area contributed by atoms with Gasteiger partial charge in [0.15, 0.2) is 0 Å². The predicted octanol–water partition coefficient (Wildman–Crippen LogP) is 1.68. The first-order valence-corrected chi connectivity index (χ1v) is 8.32. The monoisotopic (exact) mass is 290 g/mol. The highest BCUT2D eigenvalue weighted by atomic mass is 32.2. The SMILES string of the molecule is C=C(C)COCCNS(=O)(=O)N(C)C1CCCCC1. The summed E-state index contributed by atoms with van der Waals surface area (Å²) in [5, 5.41) is 0. The summed E-state index contributed by atoms with van der Waals surface area (Å²) >= 11 is 0. The van der Waals surface area contributed by atoms with E-state index in [1.165, 1.54) is 10.7 Å². The maximum absolute atomic E-state index is 12.1. The summed E-state index contributed by atoms with van der Waals surface area (Å²) < 4.78 is 33.5. The lowest BCUT2D eigenvalue weighted by atomic mass is 9.96. The van der Waals surface area contributed by atoms with Gasteiger partial charge in [0.25, 0.3) is 10.2 Å². The van der Waals surface area contributed by atoms with Gasteiger partial charge in [-0.1, -0.05) is 31.4 Å². The van der Waals surface area contributed by atoms with E-state index in [4.69, 9.17) is 4.74 Å². The molecule has 1 rings (SSSR count). The van der Waals surface area contributed by atoms with Crippen molar-refractivity contribution >= 4 is 10.2 Å². The second-order valence-corrected chi connectivity index (χ2v) is 7.03. The Bertz CT molecular complexity index is 375. The lowest BCUT2D eigenvalue weighted by molar-refractivity contribution is 0.161. The Morgan fingerprint density at radius 2 is 2.00 bits per heavy atom. The molecule has 0 heterocycles. The Labute approximate surface area is 117 Å². The molecule has 0 spiro atoms. The van der Waals surface area contributed by atoms with E-state index in [2.05, 4.69) is 11.3 Å². The van der Waals surface area contributed by atoms with Crippen molar-refractivity contribution in [2.24, 2.45) is 0 Å². The Balaban J connectivity index is 2.31. The zero-order valence-corrected chi connectivity index (χ0v) is 12.8. The average molecular weight is 290 g/mol. The summed E-state index contributed by atoms with van der Waals surface area (Å²) in [4.78, 5) is 0. The van der Waals surface area contributed by atoms with Crippen LogP contribution < -0.4 is 4.72 Å². The van der Waals surface area contributed by atoms with Crippen LogP contribution in [-0.2, 0) is 14.9 Å². The van der Waals surface area contributed by atoms with Crippen LogP contribution in [0.2, 0.25) is 0 Å². The predicted molar refractivity (Wildman–Crippen MR) is 77.2 cm³/mol. The van der Waals surface area contributed by atoms with Crippen molar-refractivity contribution in [2.75, 3.05) is 26.8 Å². The van der Waals surface area contributed by atoms with E-state index in [0.29, 0.717) is 19.8 Å². The van der Waals surface area contributed by atoms with Crippen LogP contribution in [0.5, 0.6) is 0 Å². The van der Waals surface area contributed by atoms with Crippen molar-refractivity contribution in [3.8, 4) is 0 Å². The topological polar surface area (TPSA) is 58.6 Å².